The molecule has 0 fully saturated rings. The maximum absolute atomic E-state index is 14.2. The minimum atomic E-state index is -1.17. The number of aromatic nitrogens is 1. The highest BCUT2D eigenvalue weighted by atomic mass is 79.9. The number of carbonyl (C=O) groups is 2. The smallest absolute Gasteiger partial charge is 0.328 e. The van der Waals surface area contributed by atoms with Crippen LogP contribution in [-0.4, -0.2) is 30.0 Å². The molecule has 4 aromatic carbocycles. The van der Waals surface area contributed by atoms with E-state index in [0.29, 0.717) is 0 Å². The predicted octanol–water partition coefficient (Wildman–Crippen LogP) is 6.61. The second kappa shape index (κ2) is 10.7. The van der Waals surface area contributed by atoms with Gasteiger partial charge in [-0.3, -0.25) is 9.78 Å². The van der Waals surface area contributed by atoms with Crippen molar-refractivity contribution < 1.29 is 23.1 Å². The van der Waals surface area contributed by atoms with Gasteiger partial charge in [0.1, 0.15) is 23.2 Å². The van der Waals surface area contributed by atoms with Crippen LogP contribution in [0.3, 0.4) is 0 Å². The molecule has 1 heterocycles. The van der Waals surface area contributed by atoms with Gasteiger partial charge in [0.05, 0.1) is 17.3 Å². The summed E-state index contributed by atoms with van der Waals surface area (Å²) >= 11 is 3.72. The van der Waals surface area contributed by atoms with E-state index in [9.17, 15) is 18.4 Å². The Morgan fingerprint density at radius 2 is 1.55 bits per heavy atom. The SMILES string of the molecule is COC(=O)[C@H](Cc1ccc(-c2ncc3ccccc3c2Br)c2ccccc12)NC(=O)c1c(F)cccc1F. The molecule has 0 aliphatic rings. The molecule has 1 aromatic heterocycles. The first-order valence-electron chi connectivity index (χ1n) is 11.8. The molecule has 0 aliphatic carbocycles. The van der Waals surface area contributed by atoms with E-state index >= 15 is 0 Å². The van der Waals surface area contributed by atoms with Gasteiger partial charge >= 0.3 is 5.97 Å². The van der Waals surface area contributed by atoms with Gasteiger partial charge in [-0.2, -0.15) is 0 Å². The Kier molecular flexibility index (Phi) is 7.15. The van der Waals surface area contributed by atoms with E-state index in [-0.39, 0.29) is 6.42 Å². The number of benzene rings is 4. The Morgan fingerprint density at radius 3 is 2.26 bits per heavy atom. The van der Waals surface area contributed by atoms with Crippen LogP contribution < -0.4 is 5.32 Å². The summed E-state index contributed by atoms with van der Waals surface area (Å²) < 4.78 is 34.1. The number of pyridine rings is 1. The van der Waals surface area contributed by atoms with Crippen LogP contribution >= 0.6 is 15.9 Å². The Bertz CT molecular complexity index is 1690. The van der Waals surface area contributed by atoms with Crippen molar-refractivity contribution in [3.05, 3.63) is 112 Å². The third kappa shape index (κ3) is 4.75. The fourth-order valence-electron chi connectivity index (χ4n) is 4.56. The van der Waals surface area contributed by atoms with Crippen LogP contribution in [0, 0.1) is 11.6 Å². The third-order valence-corrected chi connectivity index (χ3v) is 7.22. The van der Waals surface area contributed by atoms with Gasteiger partial charge in [0, 0.05) is 23.6 Å². The van der Waals surface area contributed by atoms with E-state index in [2.05, 4.69) is 21.2 Å². The van der Waals surface area contributed by atoms with Crippen LogP contribution in [0.1, 0.15) is 15.9 Å². The molecule has 5 rings (SSSR count). The number of fused-ring (bicyclic) bond motifs is 2. The standard InChI is InChI=1S/C30H21BrF2N2O3/c1-38-30(37)25(35-29(36)26-23(32)11-6-12-24(26)33)15-17-13-14-22(21-10-5-4-8-19(17)21)28-27(31)20-9-3-2-7-18(20)16-34-28/h2-14,16,25H,15H2,1H3,(H,35,36)/t25-/m0/s1. The van der Waals surface area contributed by atoms with E-state index < -0.39 is 35.1 Å². The zero-order chi connectivity index (χ0) is 26.8. The first-order chi connectivity index (χ1) is 18.4. The summed E-state index contributed by atoms with van der Waals surface area (Å²) in [4.78, 5) is 30.0. The van der Waals surface area contributed by atoms with E-state index in [4.69, 9.17) is 9.72 Å². The largest absolute Gasteiger partial charge is 0.467 e. The molecule has 0 spiro atoms. The zero-order valence-electron chi connectivity index (χ0n) is 20.2. The Morgan fingerprint density at radius 1 is 0.895 bits per heavy atom. The molecule has 0 saturated heterocycles. The van der Waals surface area contributed by atoms with Crippen molar-refractivity contribution in [1.29, 1.82) is 0 Å². The van der Waals surface area contributed by atoms with Gasteiger partial charge in [-0.05, 0) is 49.8 Å². The number of hydrogen-bond donors (Lipinski definition) is 1. The number of carbonyl (C=O) groups excluding carboxylic acids is 2. The second-order valence-corrected chi connectivity index (χ2v) is 9.47. The van der Waals surface area contributed by atoms with Gasteiger partial charge in [0.15, 0.2) is 0 Å². The molecular weight excluding hydrogens is 554 g/mol. The van der Waals surface area contributed by atoms with Gasteiger partial charge in [0.2, 0.25) is 0 Å². The maximum Gasteiger partial charge on any atom is 0.328 e. The number of amides is 1. The summed E-state index contributed by atoms with van der Waals surface area (Å²) in [5.74, 6) is -3.81. The minimum absolute atomic E-state index is 0.0433. The lowest BCUT2D eigenvalue weighted by Crippen LogP contribution is -2.43. The van der Waals surface area contributed by atoms with Gasteiger partial charge in [0.25, 0.3) is 5.91 Å². The van der Waals surface area contributed by atoms with Crippen molar-refractivity contribution >= 4 is 49.4 Å². The molecule has 0 bridgehead atoms. The summed E-state index contributed by atoms with van der Waals surface area (Å²) in [6.07, 6.45) is 1.87. The molecule has 0 unspecified atom stereocenters. The number of hydrogen-bond acceptors (Lipinski definition) is 4. The molecule has 5 aromatic rings. The number of esters is 1. The fourth-order valence-corrected chi connectivity index (χ4v) is 5.24. The molecule has 1 N–H and O–H groups in total. The highest BCUT2D eigenvalue weighted by Crippen LogP contribution is 2.37. The zero-order valence-corrected chi connectivity index (χ0v) is 21.8. The quantitative estimate of drug-likeness (QED) is 0.232. The third-order valence-electron chi connectivity index (χ3n) is 6.41. The highest BCUT2D eigenvalue weighted by molar-refractivity contribution is 9.10. The monoisotopic (exact) mass is 574 g/mol. The van der Waals surface area contributed by atoms with Crippen molar-refractivity contribution in [3.63, 3.8) is 0 Å². The van der Waals surface area contributed by atoms with E-state index in [0.717, 1.165) is 61.0 Å². The van der Waals surface area contributed by atoms with Crippen molar-refractivity contribution in [2.24, 2.45) is 0 Å². The Hall–Kier alpha value is -4.17. The van der Waals surface area contributed by atoms with E-state index in [1.165, 1.54) is 7.11 Å². The Balaban J connectivity index is 1.54. The summed E-state index contributed by atoms with van der Waals surface area (Å²) in [6, 6.07) is 21.3. The molecule has 8 heteroatoms. The summed E-state index contributed by atoms with van der Waals surface area (Å²) in [7, 11) is 1.19. The average Bonchev–Trinajstić information content (AvgIpc) is 2.93. The predicted molar refractivity (Wildman–Crippen MR) is 146 cm³/mol. The summed E-state index contributed by atoms with van der Waals surface area (Å²) in [5, 5.41) is 6.21. The number of methoxy groups -OCH3 is 1. The first kappa shape index (κ1) is 25.5. The fraction of sp³-hybridized carbons (Fsp3) is 0.100. The molecule has 0 radical (unpaired) electrons. The van der Waals surface area contributed by atoms with Crippen molar-refractivity contribution in [3.8, 4) is 11.3 Å². The van der Waals surface area contributed by atoms with Crippen LogP contribution in [0.2, 0.25) is 0 Å². The Labute approximate surface area is 225 Å². The van der Waals surface area contributed by atoms with Crippen LogP contribution in [0.15, 0.2) is 89.5 Å². The van der Waals surface area contributed by atoms with Crippen LogP contribution in [0.25, 0.3) is 32.8 Å². The molecule has 0 aliphatic heterocycles. The van der Waals surface area contributed by atoms with Crippen LogP contribution in [-0.2, 0) is 16.0 Å². The van der Waals surface area contributed by atoms with Crippen LogP contribution in [0.5, 0.6) is 0 Å². The highest BCUT2D eigenvalue weighted by Gasteiger charge is 2.27. The lowest BCUT2D eigenvalue weighted by Gasteiger charge is -2.19. The average molecular weight is 575 g/mol. The maximum atomic E-state index is 14.2. The molecular formula is C30H21BrF2N2O3. The molecule has 5 nitrogen and oxygen atoms in total. The minimum Gasteiger partial charge on any atom is -0.467 e. The van der Waals surface area contributed by atoms with E-state index in [1.54, 1.807) is 0 Å². The van der Waals surface area contributed by atoms with Gasteiger partial charge in [-0.15, -0.1) is 0 Å². The van der Waals surface area contributed by atoms with Gasteiger partial charge in [-0.25, -0.2) is 13.6 Å². The van der Waals surface area contributed by atoms with Gasteiger partial charge in [-0.1, -0.05) is 66.7 Å². The second-order valence-electron chi connectivity index (χ2n) is 8.68. The molecule has 190 valence electrons. The molecule has 1 atom stereocenters. The molecule has 1 amide bonds. The van der Waals surface area contributed by atoms with Crippen LogP contribution in [0.4, 0.5) is 8.78 Å². The summed E-state index contributed by atoms with van der Waals surface area (Å²) in [6.45, 7) is 0. The van der Waals surface area contributed by atoms with Crippen molar-refractivity contribution in [2.45, 2.75) is 12.5 Å². The topological polar surface area (TPSA) is 68.3 Å². The number of halogens is 3. The lowest BCUT2D eigenvalue weighted by molar-refractivity contribution is -0.142. The molecule has 38 heavy (non-hydrogen) atoms. The number of ether oxygens (including phenoxy) is 1. The van der Waals surface area contributed by atoms with E-state index in [1.807, 2.05) is 66.9 Å². The van der Waals surface area contributed by atoms with Gasteiger partial charge < -0.3 is 10.1 Å². The normalized spacial score (nSPS) is 11.9. The molecule has 0 saturated carbocycles. The van der Waals surface area contributed by atoms with Crippen molar-refractivity contribution in [1.82, 2.24) is 10.3 Å². The van der Waals surface area contributed by atoms with Crippen molar-refractivity contribution in [2.75, 3.05) is 7.11 Å². The number of nitrogens with zero attached hydrogens (tertiary/aromatic N) is 1. The summed E-state index contributed by atoms with van der Waals surface area (Å²) in [5.41, 5.74) is 1.63. The first-order valence-corrected chi connectivity index (χ1v) is 12.5. The lowest BCUT2D eigenvalue weighted by atomic mass is 9.93. The number of nitrogens with one attached hydrogen (secondary N) is 1. The number of rotatable bonds is 6.